The second kappa shape index (κ2) is 6.42. The van der Waals surface area contributed by atoms with Crippen molar-refractivity contribution in [2.24, 2.45) is 0 Å². The van der Waals surface area contributed by atoms with Crippen LogP contribution in [0.15, 0.2) is 23.1 Å². The van der Waals surface area contributed by atoms with Crippen molar-refractivity contribution < 1.29 is 28.2 Å². The number of aliphatic hydroxyl groups excluding tert-OH is 1. The van der Waals surface area contributed by atoms with Crippen LogP contribution in [0.2, 0.25) is 0 Å². The lowest BCUT2D eigenvalue weighted by Crippen LogP contribution is -2.48. The Balaban J connectivity index is 3.36. The van der Waals surface area contributed by atoms with Crippen molar-refractivity contribution in [1.82, 2.24) is 4.72 Å². The molecule has 1 atom stereocenters. The molecule has 0 bridgehead atoms. The summed E-state index contributed by atoms with van der Waals surface area (Å²) in [4.78, 5) is 10.7. The van der Waals surface area contributed by atoms with E-state index in [0.29, 0.717) is 6.42 Å². The van der Waals surface area contributed by atoms with Gasteiger partial charge in [0.05, 0.1) is 24.8 Å². The number of benzene rings is 1. The number of nitrogens with one attached hydrogen (secondary N) is 1. The molecule has 0 fully saturated rings. The van der Waals surface area contributed by atoms with Crippen LogP contribution in [0.5, 0.6) is 5.75 Å². The first-order valence-electron chi connectivity index (χ1n) is 6.25. The van der Waals surface area contributed by atoms with Gasteiger partial charge in [0.15, 0.2) is 0 Å². The van der Waals surface area contributed by atoms with Gasteiger partial charge < -0.3 is 14.9 Å². The van der Waals surface area contributed by atoms with Crippen molar-refractivity contribution in [3.63, 3.8) is 0 Å². The summed E-state index contributed by atoms with van der Waals surface area (Å²) in [5, 5.41) is 18.3. The molecule has 7 nitrogen and oxygen atoms in total. The van der Waals surface area contributed by atoms with Gasteiger partial charge in [0.2, 0.25) is 10.0 Å². The predicted octanol–water partition coefficient (Wildman–Crippen LogP) is 0.833. The topological polar surface area (TPSA) is 113 Å². The summed E-state index contributed by atoms with van der Waals surface area (Å²) >= 11 is 0. The maximum atomic E-state index is 12.4. The first kappa shape index (κ1) is 17.4. The quantitative estimate of drug-likeness (QED) is 0.686. The maximum absolute atomic E-state index is 12.4. The predicted molar refractivity (Wildman–Crippen MR) is 76.1 cm³/mol. The van der Waals surface area contributed by atoms with Crippen LogP contribution in [0.1, 0.15) is 30.6 Å². The SMILES string of the molecule is CCC(C)(CO)NS(=O)(=O)c1cc(C(=O)O)ccc1OC. The van der Waals surface area contributed by atoms with Gasteiger partial charge in [-0.15, -0.1) is 0 Å². The molecule has 118 valence electrons. The molecule has 0 aromatic heterocycles. The van der Waals surface area contributed by atoms with Crippen molar-refractivity contribution in [2.75, 3.05) is 13.7 Å². The Hall–Kier alpha value is -1.64. The van der Waals surface area contributed by atoms with Gasteiger partial charge in [-0.1, -0.05) is 6.92 Å². The van der Waals surface area contributed by atoms with E-state index in [-0.39, 0.29) is 22.8 Å². The summed E-state index contributed by atoms with van der Waals surface area (Å²) in [6.45, 7) is 2.89. The monoisotopic (exact) mass is 317 g/mol. The number of hydrogen-bond donors (Lipinski definition) is 3. The van der Waals surface area contributed by atoms with Crippen molar-refractivity contribution in [1.29, 1.82) is 0 Å². The zero-order valence-electron chi connectivity index (χ0n) is 12.1. The Morgan fingerprint density at radius 1 is 1.43 bits per heavy atom. The normalized spacial score (nSPS) is 14.5. The van der Waals surface area contributed by atoms with Crippen molar-refractivity contribution >= 4 is 16.0 Å². The van der Waals surface area contributed by atoms with Crippen LogP contribution >= 0.6 is 0 Å². The minimum atomic E-state index is -4.04. The van der Waals surface area contributed by atoms with Gasteiger partial charge in [-0.05, 0) is 31.5 Å². The van der Waals surface area contributed by atoms with E-state index in [9.17, 15) is 18.3 Å². The first-order chi connectivity index (χ1) is 9.69. The second-order valence-electron chi connectivity index (χ2n) is 4.85. The molecule has 1 aromatic rings. The molecule has 8 heteroatoms. The Labute approximate surface area is 123 Å². The molecule has 0 saturated carbocycles. The fourth-order valence-electron chi connectivity index (χ4n) is 1.62. The third-order valence-corrected chi connectivity index (χ3v) is 4.87. The number of hydrogen-bond acceptors (Lipinski definition) is 5. The van der Waals surface area contributed by atoms with Gasteiger partial charge in [-0.2, -0.15) is 0 Å². The molecular formula is C13H19NO6S. The molecule has 0 heterocycles. The molecule has 1 unspecified atom stereocenters. The number of sulfonamides is 1. The average Bonchev–Trinajstić information content (AvgIpc) is 2.45. The molecule has 0 aliphatic heterocycles. The number of carbonyl (C=O) groups is 1. The molecule has 0 amide bonds. The summed E-state index contributed by atoms with van der Waals surface area (Å²) in [7, 11) is -2.75. The number of methoxy groups -OCH3 is 1. The van der Waals surface area contributed by atoms with Gasteiger partial charge in [0, 0.05) is 0 Å². The minimum absolute atomic E-state index is 0.0314. The fourth-order valence-corrected chi connectivity index (χ4v) is 3.28. The van der Waals surface area contributed by atoms with E-state index >= 15 is 0 Å². The largest absolute Gasteiger partial charge is 0.495 e. The highest BCUT2D eigenvalue weighted by atomic mass is 32.2. The smallest absolute Gasteiger partial charge is 0.335 e. The molecule has 0 spiro atoms. The van der Waals surface area contributed by atoms with Crippen LogP contribution in [0.4, 0.5) is 0 Å². The van der Waals surface area contributed by atoms with E-state index in [2.05, 4.69) is 4.72 Å². The summed E-state index contributed by atoms with van der Waals surface area (Å²) in [6, 6.07) is 3.56. The highest BCUT2D eigenvalue weighted by Gasteiger charge is 2.30. The maximum Gasteiger partial charge on any atom is 0.335 e. The molecule has 0 aliphatic carbocycles. The third-order valence-electron chi connectivity index (χ3n) is 3.21. The van der Waals surface area contributed by atoms with E-state index in [1.165, 1.54) is 19.2 Å². The first-order valence-corrected chi connectivity index (χ1v) is 7.73. The second-order valence-corrected chi connectivity index (χ2v) is 6.50. The lowest BCUT2D eigenvalue weighted by atomic mass is 10.0. The Morgan fingerprint density at radius 3 is 2.48 bits per heavy atom. The van der Waals surface area contributed by atoms with Crippen LogP contribution in [-0.2, 0) is 10.0 Å². The van der Waals surface area contributed by atoms with Gasteiger partial charge in [-0.25, -0.2) is 17.9 Å². The summed E-state index contributed by atoms with van der Waals surface area (Å²) < 4.78 is 32.2. The molecule has 0 radical (unpaired) electrons. The van der Waals surface area contributed by atoms with E-state index in [1.807, 2.05) is 0 Å². The van der Waals surface area contributed by atoms with E-state index in [4.69, 9.17) is 9.84 Å². The van der Waals surface area contributed by atoms with E-state index < -0.39 is 21.5 Å². The van der Waals surface area contributed by atoms with Crippen molar-refractivity contribution in [3.05, 3.63) is 23.8 Å². The number of ether oxygens (including phenoxy) is 1. The Bertz CT molecular complexity index is 622. The molecule has 0 aliphatic rings. The zero-order chi connectivity index (χ0) is 16.3. The molecule has 21 heavy (non-hydrogen) atoms. The van der Waals surface area contributed by atoms with Gasteiger partial charge in [0.25, 0.3) is 0 Å². The standard InChI is InChI=1S/C13H19NO6S/c1-4-13(2,8-15)14-21(18,19)11-7-9(12(16)17)5-6-10(11)20-3/h5-7,14-15H,4,8H2,1-3H3,(H,16,17). The molecule has 3 N–H and O–H groups in total. The molecule has 0 saturated heterocycles. The van der Waals surface area contributed by atoms with Crippen LogP contribution in [0.3, 0.4) is 0 Å². The minimum Gasteiger partial charge on any atom is -0.495 e. The van der Waals surface area contributed by atoms with E-state index in [0.717, 1.165) is 6.07 Å². The number of carboxylic acid groups (broad SMARTS) is 1. The van der Waals surface area contributed by atoms with Crippen LogP contribution in [0.25, 0.3) is 0 Å². The fraction of sp³-hybridized carbons (Fsp3) is 0.462. The van der Waals surface area contributed by atoms with Crippen molar-refractivity contribution in [3.8, 4) is 5.75 Å². The van der Waals surface area contributed by atoms with Crippen LogP contribution in [0, 0.1) is 0 Å². The highest BCUT2D eigenvalue weighted by Crippen LogP contribution is 2.26. The zero-order valence-corrected chi connectivity index (χ0v) is 12.9. The van der Waals surface area contributed by atoms with E-state index in [1.54, 1.807) is 13.8 Å². The van der Waals surface area contributed by atoms with Gasteiger partial charge >= 0.3 is 5.97 Å². The number of carboxylic acids is 1. The third kappa shape index (κ3) is 3.93. The van der Waals surface area contributed by atoms with Gasteiger partial charge in [-0.3, -0.25) is 0 Å². The average molecular weight is 317 g/mol. The molecule has 1 aromatic carbocycles. The van der Waals surface area contributed by atoms with Crippen molar-refractivity contribution in [2.45, 2.75) is 30.7 Å². The highest BCUT2D eigenvalue weighted by molar-refractivity contribution is 7.89. The number of rotatable bonds is 7. The van der Waals surface area contributed by atoms with Crippen LogP contribution in [-0.4, -0.2) is 43.9 Å². The molecular weight excluding hydrogens is 298 g/mol. The lowest BCUT2D eigenvalue weighted by molar-refractivity contribution is 0.0696. The molecule has 1 rings (SSSR count). The number of aliphatic hydroxyl groups is 1. The summed E-state index contributed by atoms with van der Waals surface area (Å²) in [5.74, 6) is -1.21. The summed E-state index contributed by atoms with van der Waals surface area (Å²) in [5.41, 5.74) is -1.21. The number of aromatic carboxylic acids is 1. The Kier molecular flexibility index (Phi) is 5.32. The van der Waals surface area contributed by atoms with Gasteiger partial charge in [0.1, 0.15) is 10.6 Å². The Morgan fingerprint density at radius 2 is 2.05 bits per heavy atom. The van der Waals surface area contributed by atoms with Crippen LogP contribution < -0.4 is 9.46 Å². The lowest BCUT2D eigenvalue weighted by Gasteiger charge is -2.27. The summed E-state index contributed by atoms with van der Waals surface area (Å²) in [6.07, 6.45) is 0.365.